The first-order valence-electron chi connectivity index (χ1n) is 7.75. The predicted octanol–water partition coefficient (Wildman–Crippen LogP) is 4.59. The molecule has 0 unspecified atom stereocenters. The van der Waals surface area contributed by atoms with Gasteiger partial charge in [0.15, 0.2) is 5.17 Å². The molecule has 0 bridgehead atoms. The van der Waals surface area contributed by atoms with Crippen molar-refractivity contribution in [1.29, 1.82) is 0 Å². The molecule has 2 aromatic carbocycles. The van der Waals surface area contributed by atoms with Gasteiger partial charge in [0.25, 0.3) is 5.91 Å². The number of thioether (sulfide) groups is 1. The van der Waals surface area contributed by atoms with Crippen LogP contribution in [0.25, 0.3) is 6.08 Å². The number of benzene rings is 2. The van der Waals surface area contributed by atoms with E-state index in [0.29, 0.717) is 26.5 Å². The summed E-state index contributed by atoms with van der Waals surface area (Å²) in [5.74, 6) is 3.02. The summed E-state index contributed by atoms with van der Waals surface area (Å²) in [6, 6.07) is 14.6. The van der Waals surface area contributed by atoms with Crippen LogP contribution in [0.4, 0.5) is 5.69 Å². The van der Waals surface area contributed by atoms with Crippen LogP contribution in [0.2, 0.25) is 5.02 Å². The lowest BCUT2D eigenvalue weighted by atomic mass is 10.2. The number of hydrogen-bond donors (Lipinski definition) is 0. The quantitative estimate of drug-likeness (QED) is 0.574. The van der Waals surface area contributed by atoms with Crippen LogP contribution in [0.15, 0.2) is 58.4 Å². The first-order chi connectivity index (χ1) is 12.6. The molecule has 0 aromatic heterocycles. The van der Waals surface area contributed by atoms with E-state index in [1.807, 2.05) is 42.5 Å². The molecule has 1 aliphatic rings. The van der Waals surface area contributed by atoms with E-state index < -0.39 is 0 Å². The molecule has 0 spiro atoms. The minimum absolute atomic E-state index is 0.0940. The fraction of sp³-hybridized carbons (Fsp3) is 0.100. The largest absolute Gasteiger partial charge is 0.481 e. The maximum Gasteiger partial charge on any atom is 0.266 e. The molecule has 0 atom stereocenters. The lowest BCUT2D eigenvalue weighted by molar-refractivity contribution is -0.121. The molecule has 0 aliphatic carbocycles. The van der Waals surface area contributed by atoms with Crippen molar-refractivity contribution in [3.63, 3.8) is 0 Å². The Morgan fingerprint density at radius 3 is 2.77 bits per heavy atom. The van der Waals surface area contributed by atoms with E-state index >= 15 is 0 Å². The number of amidine groups is 1. The molecule has 130 valence electrons. The standard InChI is InChI=1S/C20H15ClN2O2S/c1-3-11-25-17-9-7-14(8-10-17)12-18-19(24)23(2)20(26-18)22-16-6-4-5-15(21)13-16/h1,4-10,12-13H,11H2,2H3/b18-12-,22-20?. The van der Waals surface area contributed by atoms with Crippen molar-refractivity contribution in [1.82, 2.24) is 4.90 Å². The van der Waals surface area contributed by atoms with Crippen LogP contribution in [-0.2, 0) is 4.79 Å². The normalized spacial score (nSPS) is 17.0. The lowest BCUT2D eigenvalue weighted by Gasteiger charge is -2.07. The molecule has 0 radical (unpaired) electrons. The van der Waals surface area contributed by atoms with Gasteiger partial charge in [-0.15, -0.1) is 6.42 Å². The Bertz CT molecular complexity index is 930. The number of halogens is 1. The summed E-state index contributed by atoms with van der Waals surface area (Å²) in [5, 5.41) is 1.21. The van der Waals surface area contributed by atoms with Gasteiger partial charge in [-0.2, -0.15) is 0 Å². The molecule has 6 heteroatoms. The highest BCUT2D eigenvalue weighted by Gasteiger charge is 2.30. The number of hydrogen-bond acceptors (Lipinski definition) is 4. The van der Waals surface area contributed by atoms with Crippen molar-refractivity contribution in [3.05, 3.63) is 64.0 Å². The number of amides is 1. The van der Waals surface area contributed by atoms with Gasteiger partial charge in [0.05, 0.1) is 10.6 Å². The summed E-state index contributed by atoms with van der Waals surface area (Å²) < 4.78 is 5.34. The average molecular weight is 383 g/mol. The molecule has 4 nitrogen and oxygen atoms in total. The Morgan fingerprint density at radius 2 is 2.08 bits per heavy atom. The van der Waals surface area contributed by atoms with Crippen LogP contribution in [0, 0.1) is 12.3 Å². The van der Waals surface area contributed by atoms with E-state index in [2.05, 4.69) is 10.9 Å². The molecule has 1 saturated heterocycles. The monoisotopic (exact) mass is 382 g/mol. The van der Waals surface area contributed by atoms with Crippen molar-refractivity contribution >= 4 is 46.2 Å². The van der Waals surface area contributed by atoms with Crippen LogP contribution in [0.1, 0.15) is 5.56 Å². The van der Waals surface area contributed by atoms with Gasteiger partial charge < -0.3 is 4.74 Å². The molecular weight excluding hydrogens is 368 g/mol. The van der Waals surface area contributed by atoms with Gasteiger partial charge >= 0.3 is 0 Å². The highest BCUT2D eigenvalue weighted by Crippen LogP contribution is 2.33. The van der Waals surface area contributed by atoms with Crippen LogP contribution >= 0.6 is 23.4 Å². The van der Waals surface area contributed by atoms with Crippen molar-refractivity contribution < 1.29 is 9.53 Å². The number of rotatable bonds is 4. The molecule has 0 N–H and O–H groups in total. The highest BCUT2D eigenvalue weighted by molar-refractivity contribution is 8.18. The van der Waals surface area contributed by atoms with Gasteiger partial charge in [-0.1, -0.05) is 35.7 Å². The minimum Gasteiger partial charge on any atom is -0.481 e. The van der Waals surface area contributed by atoms with Gasteiger partial charge in [-0.05, 0) is 53.7 Å². The molecule has 26 heavy (non-hydrogen) atoms. The first kappa shape index (κ1) is 18.1. The van der Waals surface area contributed by atoms with Crippen molar-refractivity contribution in [2.75, 3.05) is 13.7 Å². The topological polar surface area (TPSA) is 41.9 Å². The Hall–Kier alpha value is -2.68. The SMILES string of the molecule is C#CCOc1ccc(/C=C2\SC(=Nc3cccc(Cl)c3)N(C)C2=O)cc1. The van der Waals surface area contributed by atoms with E-state index in [4.69, 9.17) is 22.8 Å². The third-order valence-corrected chi connectivity index (χ3v) is 4.83. The first-order valence-corrected chi connectivity index (χ1v) is 8.94. The van der Waals surface area contributed by atoms with Crippen LogP contribution in [-0.4, -0.2) is 29.6 Å². The lowest BCUT2D eigenvalue weighted by Crippen LogP contribution is -2.23. The summed E-state index contributed by atoms with van der Waals surface area (Å²) >= 11 is 7.31. The Morgan fingerprint density at radius 1 is 1.31 bits per heavy atom. The maximum atomic E-state index is 12.5. The number of aliphatic imine (C=N–C) groups is 1. The second-order valence-electron chi connectivity index (χ2n) is 5.41. The predicted molar refractivity (Wildman–Crippen MR) is 108 cm³/mol. The fourth-order valence-electron chi connectivity index (χ4n) is 2.24. The zero-order valence-electron chi connectivity index (χ0n) is 14.0. The van der Waals surface area contributed by atoms with Gasteiger partial charge in [0, 0.05) is 12.1 Å². The summed E-state index contributed by atoms with van der Waals surface area (Å²) in [6.45, 7) is 0.225. The van der Waals surface area contributed by atoms with Crippen molar-refractivity contribution in [2.45, 2.75) is 0 Å². The third kappa shape index (κ3) is 4.29. The molecular formula is C20H15ClN2O2S. The fourth-order valence-corrected chi connectivity index (χ4v) is 3.42. The Kier molecular flexibility index (Phi) is 5.67. The third-order valence-electron chi connectivity index (χ3n) is 3.54. The molecule has 3 rings (SSSR count). The number of carbonyl (C=O) groups excluding carboxylic acids is 1. The molecule has 1 fully saturated rings. The Labute approximate surface area is 161 Å². The molecule has 2 aromatic rings. The number of nitrogens with zero attached hydrogens (tertiary/aromatic N) is 2. The second-order valence-corrected chi connectivity index (χ2v) is 6.86. The zero-order chi connectivity index (χ0) is 18.5. The molecule has 1 aliphatic heterocycles. The van der Waals surface area contributed by atoms with Crippen LogP contribution < -0.4 is 4.74 Å². The summed E-state index contributed by atoms with van der Waals surface area (Å²) in [4.78, 5) is 19.1. The summed E-state index contributed by atoms with van der Waals surface area (Å²) in [6.07, 6.45) is 7.00. The van der Waals surface area contributed by atoms with E-state index in [-0.39, 0.29) is 12.5 Å². The van der Waals surface area contributed by atoms with Crippen LogP contribution in [0.5, 0.6) is 5.75 Å². The highest BCUT2D eigenvalue weighted by atomic mass is 35.5. The molecule has 0 saturated carbocycles. The van der Waals surface area contributed by atoms with E-state index in [1.165, 1.54) is 16.7 Å². The second kappa shape index (κ2) is 8.13. The van der Waals surface area contributed by atoms with Crippen LogP contribution in [0.3, 0.4) is 0 Å². The van der Waals surface area contributed by atoms with E-state index in [1.54, 1.807) is 19.2 Å². The van der Waals surface area contributed by atoms with E-state index in [9.17, 15) is 4.79 Å². The summed E-state index contributed by atoms with van der Waals surface area (Å²) in [5.41, 5.74) is 1.60. The number of carbonyl (C=O) groups is 1. The van der Waals surface area contributed by atoms with Crippen molar-refractivity contribution in [2.24, 2.45) is 4.99 Å². The van der Waals surface area contributed by atoms with Crippen molar-refractivity contribution in [3.8, 4) is 18.1 Å². The van der Waals surface area contributed by atoms with E-state index in [0.717, 1.165) is 5.56 Å². The number of ether oxygens (including phenoxy) is 1. The maximum absolute atomic E-state index is 12.5. The number of likely N-dealkylation sites (N-methyl/N-ethyl adjacent to an activating group) is 1. The molecule has 1 heterocycles. The average Bonchev–Trinajstić information content (AvgIpc) is 2.89. The van der Waals surface area contributed by atoms with Gasteiger partial charge in [-0.25, -0.2) is 4.99 Å². The summed E-state index contributed by atoms with van der Waals surface area (Å²) in [7, 11) is 1.70. The Balaban J connectivity index is 1.80. The number of terminal acetylenes is 1. The van der Waals surface area contributed by atoms with Gasteiger partial charge in [-0.3, -0.25) is 9.69 Å². The smallest absolute Gasteiger partial charge is 0.266 e. The van der Waals surface area contributed by atoms with Gasteiger partial charge in [0.1, 0.15) is 12.4 Å². The van der Waals surface area contributed by atoms with Gasteiger partial charge in [0.2, 0.25) is 0 Å². The zero-order valence-corrected chi connectivity index (χ0v) is 15.6. The minimum atomic E-state index is -0.0940. The molecule has 1 amide bonds.